The van der Waals surface area contributed by atoms with Gasteiger partial charge in [-0.05, 0) is 37.9 Å². The summed E-state index contributed by atoms with van der Waals surface area (Å²) in [6.45, 7) is 5.59. The largest absolute Gasteiger partial charge is 0.483 e. The number of hydrogen-bond donors (Lipinski definition) is 2. The van der Waals surface area contributed by atoms with Crippen LogP contribution in [0, 0.1) is 0 Å². The van der Waals surface area contributed by atoms with E-state index in [1.807, 2.05) is 11.0 Å². The van der Waals surface area contributed by atoms with Crippen LogP contribution < -0.4 is 5.32 Å². The highest BCUT2D eigenvalue weighted by Gasteiger charge is 2.35. The molecule has 0 radical (unpaired) electrons. The van der Waals surface area contributed by atoms with E-state index in [2.05, 4.69) is 15.2 Å². The Kier molecular flexibility index (Phi) is 9.89. The van der Waals surface area contributed by atoms with Gasteiger partial charge in [-0.1, -0.05) is 0 Å². The van der Waals surface area contributed by atoms with Crippen LogP contribution in [0.3, 0.4) is 0 Å². The third kappa shape index (κ3) is 7.63. The van der Waals surface area contributed by atoms with Crippen LogP contribution in [0.15, 0.2) is 24.5 Å². The van der Waals surface area contributed by atoms with Crippen LogP contribution in [0.1, 0.15) is 32.6 Å². The smallest absolute Gasteiger partial charge is 0.290 e. The number of hydrogen-bond acceptors (Lipinski definition) is 6. The normalized spacial score (nSPS) is 19.1. The molecule has 2 saturated heterocycles. The number of rotatable bonds is 5. The SMILES string of the molecule is CC(=O)N1CCC[C@H]1C(=O)N1CCCN(CCC(=O)Nc2cccnc2)CC1.O=CO. The van der Waals surface area contributed by atoms with E-state index in [9.17, 15) is 14.4 Å². The first-order valence-corrected chi connectivity index (χ1v) is 10.5. The predicted octanol–water partition coefficient (Wildman–Crippen LogP) is 0.656. The molecule has 0 spiro atoms. The second-order valence-electron chi connectivity index (χ2n) is 7.54. The van der Waals surface area contributed by atoms with E-state index in [1.165, 1.54) is 6.92 Å². The molecule has 0 saturated carbocycles. The number of carbonyl (C=O) groups excluding carboxylic acids is 3. The minimum Gasteiger partial charge on any atom is -0.483 e. The lowest BCUT2D eigenvalue weighted by molar-refractivity contribution is -0.142. The number of carbonyl (C=O) groups is 4. The highest BCUT2D eigenvalue weighted by Crippen LogP contribution is 2.20. The van der Waals surface area contributed by atoms with Crippen LogP contribution in [-0.2, 0) is 19.2 Å². The minimum absolute atomic E-state index is 0.0214. The molecule has 0 aromatic carbocycles. The number of nitrogens with zero attached hydrogens (tertiary/aromatic N) is 4. The number of anilines is 1. The average Bonchev–Trinajstić information content (AvgIpc) is 3.13. The van der Waals surface area contributed by atoms with Crippen LogP contribution in [0.5, 0.6) is 0 Å². The van der Waals surface area contributed by atoms with Gasteiger partial charge in [0.15, 0.2) is 0 Å². The van der Waals surface area contributed by atoms with Gasteiger partial charge in [-0.3, -0.25) is 24.2 Å². The molecule has 10 heteroatoms. The first-order valence-electron chi connectivity index (χ1n) is 10.5. The molecule has 2 aliphatic heterocycles. The Labute approximate surface area is 182 Å². The molecule has 0 aliphatic carbocycles. The summed E-state index contributed by atoms with van der Waals surface area (Å²) in [7, 11) is 0. The summed E-state index contributed by atoms with van der Waals surface area (Å²) < 4.78 is 0. The number of nitrogens with one attached hydrogen (secondary N) is 1. The Morgan fingerprint density at radius 1 is 1.19 bits per heavy atom. The van der Waals surface area contributed by atoms with E-state index < -0.39 is 0 Å². The molecule has 2 aliphatic rings. The summed E-state index contributed by atoms with van der Waals surface area (Å²) in [6, 6.07) is 3.30. The molecule has 3 amide bonds. The van der Waals surface area contributed by atoms with Crippen LogP contribution in [-0.4, -0.2) is 94.3 Å². The Hall–Kier alpha value is -3.01. The van der Waals surface area contributed by atoms with Gasteiger partial charge in [0, 0.05) is 52.3 Å². The molecule has 170 valence electrons. The van der Waals surface area contributed by atoms with Crippen molar-refractivity contribution in [2.45, 2.75) is 38.6 Å². The lowest BCUT2D eigenvalue weighted by Crippen LogP contribution is -2.48. The average molecular weight is 434 g/mol. The molecule has 10 nitrogen and oxygen atoms in total. The number of amides is 3. The lowest BCUT2D eigenvalue weighted by Gasteiger charge is -2.29. The van der Waals surface area contributed by atoms with Gasteiger partial charge in [-0.25, -0.2) is 0 Å². The van der Waals surface area contributed by atoms with Gasteiger partial charge in [-0.2, -0.15) is 0 Å². The third-order valence-electron chi connectivity index (χ3n) is 5.44. The quantitative estimate of drug-likeness (QED) is 0.654. The van der Waals surface area contributed by atoms with Gasteiger partial charge in [0.2, 0.25) is 17.7 Å². The van der Waals surface area contributed by atoms with Gasteiger partial charge >= 0.3 is 0 Å². The molecule has 31 heavy (non-hydrogen) atoms. The first kappa shape index (κ1) is 24.3. The molecule has 0 bridgehead atoms. The summed E-state index contributed by atoms with van der Waals surface area (Å²) in [4.78, 5) is 54.9. The van der Waals surface area contributed by atoms with Crippen molar-refractivity contribution >= 4 is 29.9 Å². The van der Waals surface area contributed by atoms with E-state index in [4.69, 9.17) is 9.90 Å². The van der Waals surface area contributed by atoms with Crippen molar-refractivity contribution < 1.29 is 24.3 Å². The highest BCUT2D eigenvalue weighted by atomic mass is 16.3. The van der Waals surface area contributed by atoms with Gasteiger partial charge in [0.1, 0.15) is 6.04 Å². The topological polar surface area (TPSA) is 123 Å². The standard InChI is InChI=1S/C20H29N5O3.CH2O2/c1-16(26)25-11-3-6-18(25)20(28)24-10-4-9-23(13-14-24)12-7-19(27)22-17-5-2-8-21-15-17;2-1-3/h2,5,8,15,18H,3-4,6-7,9-14H2,1H3,(H,22,27);1H,(H,2,3)/t18-;/m0./s1. The summed E-state index contributed by atoms with van der Waals surface area (Å²) in [6.07, 6.45) is 6.23. The number of carboxylic acid groups (broad SMARTS) is 1. The van der Waals surface area contributed by atoms with E-state index in [0.717, 1.165) is 32.4 Å². The molecule has 3 heterocycles. The molecule has 1 aromatic rings. The van der Waals surface area contributed by atoms with Gasteiger partial charge in [0.05, 0.1) is 11.9 Å². The van der Waals surface area contributed by atoms with Crippen molar-refractivity contribution in [1.29, 1.82) is 0 Å². The van der Waals surface area contributed by atoms with Gasteiger partial charge in [-0.15, -0.1) is 0 Å². The summed E-state index contributed by atoms with van der Waals surface area (Å²) in [5.41, 5.74) is 0.701. The van der Waals surface area contributed by atoms with E-state index in [1.54, 1.807) is 23.4 Å². The fourth-order valence-corrected chi connectivity index (χ4v) is 3.95. The van der Waals surface area contributed by atoms with E-state index in [0.29, 0.717) is 38.3 Å². The van der Waals surface area contributed by atoms with Crippen molar-refractivity contribution in [3.63, 3.8) is 0 Å². The van der Waals surface area contributed by atoms with Gasteiger partial charge < -0.3 is 25.1 Å². The third-order valence-corrected chi connectivity index (χ3v) is 5.44. The minimum atomic E-state index is -0.297. The molecular weight excluding hydrogens is 402 g/mol. The second-order valence-corrected chi connectivity index (χ2v) is 7.54. The molecule has 1 aromatic heterocycles. The summed E-state index contributed by atoms with van der Waals surface area (Å²) in [5, 5.41) is 9.74. The molecule has 0 unspecified atom stereocenters. The fourth-order valence-electron chi connectivity index (χ4n) is 3.95. The first-order chi connectivity index (χ1) is 15.0. The number of pyridine rings is 1. The number of likely N-dealkylation sites (tertiary alicyclic amines) is 1. The summed E-state index contributed by atoms with van der Waals surface area (Å²) in [5.74, 6) is 0.0176. The zero-order valence-corrected chi connectivity index (χ0v) is 17.9. The van der Waals surface area contributed by atoms with Crippen LogP contribution in [0.2, 0.25) is 0 Å². The van der Waals surface area contributed by atoms with Crippen molar-refractivity contribution in [2.24, 2.45) is 0 Å². The fraction of sp³-hybridized carbons (Fsp3) is 0.571. The molecule has 1 atom stereocenters. The van der Waals surface area contributed by atoms with E-state index >= 15 is 0 Å². The maximum atomic E-state index is 12.9. The monoisotopic (exact) mass is 433 g/mol. The second kappa shape index (κ2) is 12.6. The van der Waals surface area contributed by atoms with Crippen LogP contribution in [0.4, 0.5) is 5.69 Å². The van der Waals surface area contributed by atoms with E-state index in [-0.39, 0.29) is 30.2 Å². The lowest BCUT2D eigenvalue weighted by atomic mass is 10.2. The van der Waals surface area contributed by atoms with Crippen molar-refractivity contribution in [2.75, 3.05) is 44.6 Å². The predicted molar refractivity (Wildman–Crippen MR) is 114 cm³/mol. The van der Waals surface area contributed by atoms with Crippen molar-refractivity contribution in [1.82, 2.24) is 19.7 Å². The van der Waals surface area contributed by atoms with Gasteiger partial charge in [0.25, 0.3) is 6.47 Å². The molecular formula is C21H31N5O5. The summed E-state index contributed by atoms with van der Waals surface area (Å²) >= 11 is 0. The Bertz CT molecular complexity index is 745. The molecule has 2 N–H and O–H groups in total. The van der Waals surface area contributed by atoms with Crippen molar-refractivity contribution in [3.8, 4) is 0 Å². The molecule has 2 fully saturated rings. The molecule has 3 rings (SSSR count). The Balaban J connectivity index is 0.00000107. The zero-order valence-electron chi connectivity index (χ0n) is 17.9. The highest BCUT2D eigenvalue weighted by molar-refractivity contribution is 5.90. The zero-order chi connectivity index (χ0) is 22.6. The Morgan fingerprint density at radius 2 is 1.97 bits per heavy atom. The van der Waals surface area contributed by atoms with Crippen molar-refractivity contribution in [3.05, 3.63) is 24.5 Å². The van der Waals surface area contributed by atoms with Crippen LogP contribution >= 0.6 is 0 Å². The number of aromatic nitrogens is 1. The maximum absolute atomic E-state index is 12.9. The van der Waals surface area contributed by atoms with Crippen LogP contribution in [0.25, 0.3) is 0 Å². The maximum Gasteiger partial charge on any atom is 0.290 e. The Morgan fingerprint density at radius 3 is 2.65 bits per heavy atom.